The van der Waals surface area contributed by atoms with Crippen LogP contribution in [0.25, 0.3) is 0 Å². The van der Waals surface area contributed by atoms with Crippen LogP contribution in [0.2, 0.25) is 0 Å². The average Bonchev–Trinajstić information content (AvgIpc) is 2.70. The maximum atomic E-state index is 6.65. The fourth-order valence-electron chi connectivity index (χ4n) is 3.45. The number of methoxy groups -OCH3 is 1. The molecule has 2 N–H and O–H groups in total. The van der Waals surface area contributed by atoms with Gasteiger partial charge in [-0.3, -0.25) is 0 Å². The molecule has 0 amide bonds. The van der Waals surface area contributed by atoms with E-state index in [-0.39, 0.29) is 6.04 Å². The van der Waals surface area contributed by atoms with Crippen LogP contribution in [0.3, 0.4) is 0 Å². The van der Waals surface area contributed by atoms with E-state index in [1.165, 1.54) is 49.7 Å². The molecule has 1 unspecified atom stereocenters. The average molecular weight is 340 g/mol. The summed E-state index contributed by atoms with van der Waals surface area (Å²) in [4.78, 5) is 0. The van der Waals surface area contributed by atoms with Crippen LogP contribution in [0, 0.1) is 19.8 Å². The topological polar surface area (TPSA) is 35.2 Å². The van der Waals surface area contributed by atoms with Gasteiger partial charge >= 0.3 is 0 Å². The van der Waals surface area contributed by atoms with E-state index in [0.29, 0.717) is 5.92 Å². The van der Waals surface area contributed by atoms with Crippen LogP contribution < -0.4 is 10.5 Å². The van der Waals surface area contributed by atoms with E-state index in [0.717, 1.165) is 15.8 Å². The highest BCUT2D eigenvalue weighted by Gasteiger charge is 2.26. The van der Waals surface area contributed by atoms with Crippen LogP contribution in [-0.2, 0) is 0 Å². The molecule has 0 spiro atoms. The summed E-state index contributed by atoms with van der Waals surface area (Å²) in [5.74, 6) is 1.56. The number of halogens is 1. The van der Waals surface area contributed by atoms with Crippen molar-refractivity contribution in [3.63, 3.8) is 0 Å². The molecule has 0 aromatic heterocycles. The monoisotopic (exact) mass is 339 g/mol. The summed E-state index contributed by atoms with van der Waals surface area (Å²) in [6.45, 7) is 4.23. The van der Waals surface area contributed by atoms with Gasteiger partial charge in [-0.1, -0.05) is 41.6 Å². The predicted octanol–water partition coefficient (Wildman–Crippen LogP) is 5.04. The van der Waals surface area contributed by atoms with Crippen LogP contribution in [0.15, 0.2) is 10.5 Å². The normalized spacial score (nSPS) is 18.6. The Bertz CT molecular complexity index is 465. The van der Waals surface area contributed by atoms with Gasteiger partial charge in [-0.15, -0.1) is 0 Å². The number of nitrogens with two attached hydrogens (primary N) is 1. The van der Waals surface area contributed by atoms with Crippen LogP contribution in [0.5, 0.6) is 5.75 Å². The molecule has 1 aliphatic carbocycles. The molecule has 2 nitrogen and oxygen atoms in total. The molecule has 1 atom stereocenters. The fraction of sp³-hybridized carbons (Fsp3) is 0.647. The molecule has 1 aliphatic rings. The maximum Gasteiger partial charge on any atom is 0.126 e. The zero-order valence-electron chi connectivity index (χ0n) is 12.8. The first-order chi connectivity index (χ1) is 9.56. The van der Waals surface area contributed by atoms with E-state index in [4.69, 9.17) is 10.5 Å². The first-order valence-corrected chi connectivity index (χ1v) is 8.44. The van der Waals surface area contributed by atoms with Crippen LogP contribution in [0.4, 0.5) is 0 Å². The van der Waals surface area contributed by atoms with E-state index in [9.17, 15) is 0 Å². The van der Waals surface area contributed by atoms with Gasteiger partial charge in [-0.2, -0.15) is 0 Å². The lowest BCUT2D eigenvalue weighted by Crippen LogP contribution is -2.23. The molecule has 0 saturated heterocycles. The Morgan fingerprint density at radius 3 is 2.35 bits per heavy atom. The van der Waals surface area contributed by atoms with Crippen molar-refractivity contribution < 1.29 is 4.74 Å². The SMILES string of the molecule is COc1c(C)cc(Br)c(C)c1C(N)C1CCCCCC1. The Hall–Kier alpha value is -0.540. The van der Waals surface area contributed by atoms with Crippen LogP contribution in [-0.4, -0.2) is 7.11 Å². The van der Waals surface area contributed by atoms with E-state index in [1.807, 2.05) is 0 Å². The van der Waals surface area contributed by atoms with E-state index >= 15 is 0 Å². The van der Waals surface area contributed by atoms with Gasteiger partial charge in [0.15, 0.2) is 0 Å². The predicted molar refractivity (Wildman–Crippen MR) is 88.3 cm³/mol. The molecule has 0 radical (unpaired) electrons. The van der Waals surface area contributed by atoms with Gasteiger partial charge in [-0.05, 0) is 49.8 Å². The number of ether oxygens (including phenoxy) is 1. The highest BCUT2D eigenvalue weighted by atomic mass is 79.9. The Morgan fingerprint density at radius 1 is 1.20 bits per heavy atom. The number of aryl methyl sites for hydroxylation is 1. The Kier molecular flexibility index (Phi) is 5.50. The summed E-state index contributed by atoms with van der Waals surface area (Å²) in [5.41, 5.74) is 10.2. The molecule has 1 saturated carbocycles. The van der Waals surface area contributed by atoms with Crippen molar-refractivity contribution in [3.05, 3.63) is 27.2 Å². The molecule has 3 heteroatoms. The highest BCUT2D eigenvalue weighted by Crippen LogP contribution is 2.41. The van der Waals surface area contributed by atoms with Gasteiger partial charge in [0.2, 0.25) is 0 Å². The second-order valence-electron chi connectivity index (χ2n) is 6.02. The zero-order valence-corrected chi connectivity index (χ0v) is 14.4. The number of hydrogen-bond acceptors (Lipinski definition) is 2. The zero-order chi connectivity index (χ0) is 14.7. The molecule has 0 bridgehead atoms. The lowest BCUT2D eigenvalue weighted by Gasteiger charge is -2.27. The number of rotatable bonds is 3. The van der Waals surface area contributed by atoms with E-state index < -0.39 is 0 Å². The maximum absolute atomic E-state index is 6.65. The largest absolute Gasteiger partial charge is 0.496 e. The molecule has 1 aromatic carbocycles. The highest BCUT2D eigenvalue weighted by molar-refractivity contribution is 9.10. The summed E-state index contributed by atoms with van der Waals surface area (Å²) in [6.07, 6.45) is 7.83. The molecule has 2 rings (SSSR count). The second kappa shape index (κ2) is 6.95. The second-order valence-corrected chi connectivity index (χ2v) is 6.88. The first-order valence-electron chi connectivity index (χ1n) is 7.65. The standard InChI is InChI=1S/C17H26BrNO/c1-11-10-14(18)12(2)15(17(11)20-3)16(19)13-8-6-4-5-7-9-13/h10,13,16H,4-9,19H2,1-3H3. The molecule has 1 aromatic rings. The lowest BCUT2D eigenvalue weighted by molar-refractivity contribution is 0.356. The van der Waals surface area contributed by atoms with Gasteiger partial charge in [0.05, 0.1) is 7.11 Å². The Balaban J connectivity index is 2.39. The molecule has 20 heavy (non-hydrogen) atoms. The molecule has 0 aliphatic heterocycles. The first kappa shape index (κ1) is 15.8. The minimum atomic E-state index is 0.0826. The van der Waals surface area contributed by atoms with Crippen molar-refractivity contribution >= 4 is 15.9 Å². The van der Waals surface area contributed by atoms with Crippen molar-refractivity contribution in [2.75, 3.05) is 7.11 Å². The number of benzene rings is 1. The van der Waals surface area contributed by atoms with Gasteiger partial charge < -0.3 is 10.5 Å². The molecular weight excluding hydrogens is 314 g/mol. The fourth-order valence-corrected chi connectivity index (χ4v) is 4.01. The van der Waals surface area contributed by atoms with E-state index in [1.54, 1.807) is 7.11 Å². The van der Waals surface area contributed by atoms with Crippen molar-refractivity contribution in [1.82, 2.24) is 0 Å². The minimum Gasteiger partial charge on any atom is -0.496 e. The molecule has 1 fully saturated rings. The summed E-state index contributed by atoms with van der Waals surface area (Å²) >= 11 is 3.66. The summed E-state index contributed by atoms with van der Waals surface area (Å²) in [7, 11) is 1.75. The third-order valence-electron chi connectivity index (χ3n) is 4.65. The van der Waals surface area contributed by atoms with Crippen molar-refractivity contribution in [1.29, 1.82) is 0 Å². The van der Waals surface area contributed by atoms with Gasteiger partial charge in [0, 0.05) is 16.1 Å². The summed E-state index contributed by atoms with van der Waals surface area (Å²) in [6, 6.07) is 2.21. The molecule has 112 valence electrons. The lowest BCUT2D eigenvalue weighted by atomic mass is 9.85. The van der Waals surface area contributed by atoms with Gasteiger partial charge in [0.25, 0.3) is 0 Å². The van der Waals surface area contributed by atoms with Crippen LogP contribution >= 0.6 is 15.9 Å². The van der Waals surface area contributed by atoms with Crippen LogP contribution in [0.1, 0.15) is 61.3 Å². The third-order valence-corrected chi connectivity index (χ3v) is 5.48. The molecular formula is C17H26BrNO. The summed E-state index contributed by atoms with van der Waals surface area (Å²) in [5, 5.41) is 0. The summed E-state index contributed by atoms with van der Waals surface area (Å²) < 4.78 is 6.79. The Labute approximate surface area is 131 Å². The quantitative estimate of drug-likeness (QED) is 0.782. The van der Waals surface area contributed by atoms with E-state index in [2.05, 4.69) is 35.8 Å². The Morgan fingerprint density at radius 2 is 1.80 bits per heavy atom. The van der Waals surface area contributed by atoms with Gasteiger partial charge in [-0.25, -0.2) is 0 Å². The van der Waals surface area contributed by atoms with Crippen molar-refractivity contribution in [3.8, 4) is 5.75 Å². The minimum absolute atomic E-state index is 0.0826. The number of hydrogen-bond donors (Lipinski definition) is 1. The molecule has 0 heterocycles. The smallest absolute Gasteiger partial charge is 0.126 e. The van der Waals surface area contributed by atoms with Gasteiger partial charge in [0.1, 0.15) is 5.75 Å². The van der Waals surface area contributed by atoms with Crippen molar-refractivity contribution in [2.24, 2.45) is 11.7 Å². The van der Waals surface area contributed by atoms with Crippen molar-refractivity contribution in [2.45, 2.75) is 58.4 Å². The third kappa shape index (κ3) is 3.20.